The van der Waals surface area contributed by atoms with Crippen molar-refractivity contribution in [2.24, 2.45) is 5.14 Å². The molecule has 110 valence electrons. The molecular weight excluding hydrogens is 358 g/mol. The van der Waals surface area contributed by atoms with E-state index in [1.807, 2.05) is 6.07 Å². The van der Waals surface area contributed by atoms with Crippen molar-refractivity contribution in [2.45, 2.75) is 4.90 Å². The molecule has 0 aliphatic heterocycles. The summed E-state index contributed by atoms with van der Waals surface area (Å²) in [6, 6.07) is 12.3. The summed E-state index contributed by atoms with van der Waals surface area (Å²) in [5.74, 6) is 0. The predicted octanol–water partition coefficient (Wildman–Crippen LogP) is 2.74. The van der Waals surface area contributed by atoms with Gasteiger partial charge in [-0.25, -0.2) is 18.4 Å². The zero-order chi connectivity index (χ0) is 15.5. The fourth-order valence-corrected chi connectivity index (χ4v) is 2.47. The number of sulfonamides is 1. The highest BCUT2D eigenvalue weighted by molar-refractivity contribution is 9.10. The molecule has 0 fully saturated rings. The second-order valence-corrected chi connectivity index (χ2v) is 6.54. The number of rotatable bonds is 3. The van der Waals surface area contributed by atoms with Crippen molar-refractivity contribution in [1.82, 2.24) is 0 Å². The van der Waals surface area contributed by atoms with E-state index in [0.717, 1.165) is 4.47 Å². The van der Waals surface area contributed by atoms with Crippen LogP contribution in [0.3, 0.4) is 0 Å². The van der Waals surface area contributed by atoms with Crippen LogP contribution in [0.15, 0.2) is 57.9 Å². The Morgan fingerprint density at radius 1 is 1.00 bits per heavy atom. The van der Waals surface area contributed by atoms with Crippen molar-refractivity contribution in [3.63, 3.8) is 0 Å². The molecule has 0 saturated heterocycles. The van der Waals surface area contributed by atoms with Crippen LogP contribution in [0.25, 0.3) is 0 Å². The van der Waals surface area contributed by atoms with E-state index in [1.54, 1.807) is 18.2 Å². The number of para-hydroxylation sites is 1. The molecule has 0 aliphatic carbocycles. The molecule has 2 aromatic rings. The number of nitrogens with one attached hydrogen (secondary N) is 2. The lowest BCUT2D eigenvalue weighted by Crippen LogP contribution is -2.19. The molecule has 0 bridgehead atoms. The van der Waals surface area contributed by atoms with Crippen molar-refractivity contribution in [2.75, 3.05) is 10.6 Å². The fraction of sp³-hybridized carbons (Fsp3) is 0. The Morgan fingerprint density at radius 3 is 2.19 bits per heavy atom. The lowest BCUT2D eigenvalue weighted by atomic mass is 10.3. The molecule has 2 aromatic carbocycles. The molecule has 21 heavy (non-hydrogen) atoms. The van der Waals surface area contributed by atoms with Crippen molar-refractivity contribution in [3.8, 4) is 0 Å². The fourth-order valence-electron chi connectivity index (χ4n) is 1.58. The number of benzene rings is 2. The molecular formula is C13H12BrN3O3S. The van der Waals surface area contributed by atoms with E-state index in [4.69, 9.17) is 5.14 Å². The molecule has 0 spiro atoms. The van der Waals surface area contributed by atoms with Gasteiger partial charge in [-0.15, -0.1) is 0 Å². The standard InChI is InChI=1S/C13H12BrN3O3S/c14-11-3-1-2-4-12(11)17-13(18)16-9-5-7-10(8-6-9)21(15,19)20/h1-8H,(H2,15,19,20)(H2,16,17,18). The molecule has 2 rings (SSSR count). The number of primary sulfonamides is 1. The summed E-state index contributed by atoms with van der Waals surface area (Å²) in [4.78, 5) is 11.8. The van der Waals surface area contributed by atoms with E-state index in [2.05, 4.69) is 26.6 Å². The van der Waals surface area contributed by atoms with Crippen molar-refractivity contribution in [1.29, 1.82) is 0 Å². The Balaban J connectivity index is 2.05. The number of hydrogen-bond acceptors (Lipinski definition) is 3. The highest BCUT2D eigenvalue weighted by Gasteiger charge is 2.08. The zero-order valence-corrected chi connectivity index (χ0v) is 13.1. The maximum absolute atomic E-state index is 11.8. The highest BCUT2D eigenvalue weighted by Crippen LogP contribution is 2.21. The summed E-state index contributed by atoms with van der Waals surface area (Å²) >= 11 is 3.32. The van der Waals surface area contributed by atoms with Crippen LogP contribution in [0.2, 0.25) is 0 Å². The Bertz CT molecular complexity index is 760. The lowest BCUT2D eigenvalue weighted by Gasteiger charge is -2.09. The Labute approximate surface area is 130 Å². The smallest absolute Gasteiger partial charge is 0.308 e. The van der Waals surface area contributed by atoms with Crippen LogP contribution in [0.4, 0.5) is 16.2 Å². The molecule has 0 atom stereocenters. The van der Waals surface area contributed by atoms with Gasteiger partial charge in [-0.3, -0.25) is 0 Å². The first kappa shape index (κ1) is 15.5. The summed E-state index contributed by atoms with van der Waals surface area (Å²) in [6.07, 6.45) is 0. The van der Waals surface area contributed by atoms with E-state index in [-0.39, 0.29) is 4.90 Å². The van der Waals surface area contributed by atoms with Crippen LogP contribution in [-0.2, 0) is 10.0 Å². The van der Waals surface area contributed by atoms with E-state index < -0.39 is 16.1 Å². The van der Waals surface area contributed by atoms with Crippen molar-refractivity contribution in [3.05, 3.63) is 53.0 Å². The predicted molar refractivity (Wildman–Crippen MR) is 84.6 cm³/mol. The number of carbonyl (C=O) groups is 1. The quantitative estimate of drug-likeness (QED) is 0.774. The van der Waals surface area contributed by atoms with Crippen molar-refractivity contribution >= 4 is 43.4 Å². The van der Waals surface area contributed by atoms with Crippen LogP contribution in [0.1, 0.15) is 0 Å². The number of carbonyl (C=O) groups excluding carboxylic acids is 1. The maximum Gasteiger partial charge on any atom is 0.323 e. The first-order valence-corrected chi connectivity index (χ1v) is 8.15. The molecule has 6 nitrogen and oxygen atoms in total. The lowest BCUT2D eigenvalue weighted by molar-refractivity contribution is 0.262. The number of amides is 2. The molecule has 0 aromatic heterocycles. The third-order valence-corrected chi connectivity index (χ3v) is 4.18. The molecule has 0 heterocycles. The minimum absolute atomic E-state index is 0.0146. The summed E-state index contributed by atoms with van der Waals surface area (Å²) < 4.78 is 23.0. The average Bonchev–Trinajstić information content (AvgIpc) is 2.41. The van der Waals surface area contributed by atoms with Gasteiger partial charge < -0.3 is 10.6 Å². The van der Waals surface area contributed by atoms with Crippen molar-refractivity contribution < 1.29 is 13.2 Å². The molecule has 0 unspecified atom stereocenters. The van der Waals surface area contributed by atoms with Gasteiger partial charge in [-0.05, 0) is 52.3 Å². The monoisotopic (exact) mass is 369 g/mol. The van der Waals surface area contributed by atoms with Gasteiger partial charge in [0, 0.05) is 10.2 Å². The third kappa shape index (κ3) is 4.28. The molecule has 0 radical (unpaired) electrons. The Hall–Kier alpha value is -1.90. The Kier molecular flexibility index (Phi) is 4.61. The van der Waals surface area contributed by atoms with Gasteiger partial charge in [-0.2, -0.15) is 0 Å². The van der Waals surface area contributed by atoms with Crippen LogP contribution < -0.4 is 15.8 Å². The first-order valence-electron chi connectivity index (χ1n) is 5.81. The normalized spacial score (nSPS) is 11.0. The number of halogens is 1. The molecule has 0 aliphatic rings. The summed E-state index contributed by atoms with van der Waals surface area (Å²) in [5, 5.41) is 10.2. The van der Waals surface area contributed by atoms with Gasteiger partial charge in [0.15, 0.2) is 0 Å². The number of urea groups is 1. The third-order valence-electron chi connectivity index (χ3n) is 2.56. The van der Waals surface area contributed by atoms with Crippen LogP contribution in [0.5, 0.6) is 0 Å². The van der Waals surface area contributed by atoms with Gasteiger partial charge in [0.25, 0.3) is 0 Å². The highest BCUT2D eigenvalue weighted by atomic mass is 79.9. The minimum Gasteiger partial charge on any atom is -0.308 e. The second-order valence-electron chi connectivity index (χ2n) is 4.13. The SMILES string of the molecule is NS(=O)(=O)c1ccc(NC(=O)Nc2ccccc2Br)cc1. The molecule has 4 N–H and O–H groups in total. The average molecular weight is 370 g/mol. The van der Waals surface area contributed by atoms with Crippen LogP contribution >= 0.6 is 15.9 Å². The summed E-state index contributed by atoms with van der Waals surface area (Å²) in [7, 11) is -3.74. The summed E-state index contributed by atoms with van der Waals surface area (Å²) in [5.41, 5.74) is 1.07. The van der Waals surface area contributed by atoms with Gasteiger partial charge in [0.2, 0.25) is 10.0 Å². The first-order chi connectivity index (χ1) is 9.86. The molecule has 8 heteroatoms. The van der Waals surface area contributed by atoms with E-state index in [0.29, 0.717) is 11.4 Å². The van der Waals surface area contributed by atoms with Gasteiger partial charge in [0.05, 0.1) is 10.6 Å². The van der Waals surface area contributed by atoms with E-state index in [1.165, 1.54) is 24.3 Å². The van der Waals surface area contributed by atoms with Crippen LogP contribution in [-0.4, -0.2) is 14.4 Å². The largest absolute Gasteiger partial charge is 0.323 e. The second kappa shape index (κ2) is 6.25. The zero-order valence-electron chi connectivity index (χ0n) is 10.7. The van der Waals surface area contributed by atoms with Crippen LogP contribution in [0, 0.1) is 0 Å². The minimum atomic E-state index is -3.74. The number of hydrogen-bond donors (Lipinski definition) is 3. The van der Waals surface area contributed by atoms with E-state index in [9.17, 15) is 13.2 Å². The van der Waals surface area contributed by atoms with E-state index >= 15 is 0 Å². The molecule has 2 amide bonds. The van der Waals surface area contributed by atoms with Gasteiger partial charge >= 0.3 is 6.03 Å². The van der Waals surface area contributed by atoms with Gasteiger partial charge in [-0.1, -0.05) is 12.1 Å². The Morgan fingerprint density at radius 2 is 1.62 bits per heavy atom. The maximum atomic E-state index is 11.8. The summed E-state index contributed by atoms with van der Waals surface area (Å²) in [6.45, 7) is 0. The number of nitrogens with two attached hydrogens (primary N) is 1. The number of anilines is 2. The molecule has 0 saturated carbocycles. The van der Waals surface area contributed by atoms with Gasteiger partial charge in [0.1, 0.15) is 0 Å². The topological polar surface area (TPSA) is 101 Å².